The van der Waals surface area contributed by atoms with Crippen LogP contribution in [0.15, 0.2) is 103 Å². The van der Waals surface area contributed by atoms with Gasteiger partial charge in [0.05, 0.1) is 39.0 Å². The third-order valence-corrected chi connectivity index (χ3v) is 13.3. The molecule has 3 heterocycles. The molecule has 3 aromatic heterocycles. The molecule has 0 saturated heterocycles. The number of rotatable bonds is 2. The van der Waals surface area contributed by atoms with Crippen molar-refractivity contribution in [2.24, 2.45) is 0 Å². The molecule has 0 N–H and O–H groups in total. The normalized spacial score (nSPS) is 13.2. The SMILES string of the molecule is CC(C)(C)c1ccc2c(c1)c1cc(C(C)(C)C)ccc1n2-c1c(C#N)cc2sc3ccccc3c2c1-n1c2ccc(C(C)(C)C)cc2c2cc(C(C)(C)C)ccc21. The standard InChI is InChI=1S/C53H53N3S/c1-50(2,3)32-17-21-41-37(26-32)38-27-33(51(4,5)6)18-22-42(38)55(41)48-31(30-54)25-46-47(36-15-13-14-16-45(36)57-46)49(48)56-43-23-19-34(52(7,8)9)28-39(43)40-29-35(53(10,11)12)20-24-44(40)56/h13-29H,1-12H3. The van der Waals surface area contributed by atoms with Gasteiger partial charge in [-0.1, -0.05) is 126 Å². The fourth-order valence-corrected chi connectivity index (χ4v) is 9.93. The van der Waals surface area contributed by atoms with Crippen molar-refractivity contribution in [2.75, 3.05) is 0 Å². The van der Waals surface area contributed by atoms with Crippen molar-refractivity contribution in [1.82, 2.24) is 9.13 Å². The first-order valence-corrected chi connectivity index (χ1v) is 21.1. The zero-order valence-corrected chi connectivity index (χ0v) is 36.4. The van der Waals surface area contributed by atoms with Gasteiger partial charge in [-0.25, -0.2) is 0 Å². The predicted octanol–water partition coefficient (Wildman–Crippen LogP) is 15.3. The van der Waals surface area contributed by atoms with Crippen LogP contribution in [-0.2, 0) is 21.7 Å². The number of aromatic nitrogens is 2. The van der Waals surface area contributed by atoms with Gasteiger partial charge in [-0.15, -0.1) is 11.3 Å². The summed E-state index contributed by atoms with van der Waals surface area (Å²) in [6, 6.07) is 41.7. The molecule has 4 heteroatoms. The van der Waals surface area contributed by atoms with Crippen LogP contribution in [0.2, 0.25) is 0 Å². The van der Waals surface area contributed by atoms with Crippen LogP contribution >= 0.6 is 11.3 Å². The fraction of sp³-hybridized carbons (Fsp3) is 0.302. The molecule has 0 spiro atoms. The molecule has 0 unspecified atom stereocenters. The minimum atomic E-state index is -0.0253. The summed E-state index contributed by atoms with van der Waals surface area (Å²) in [6.07, 6.45) is 0. The van der Waals surface area contributed by atoms with Gasteiger partial charge in [0.15, 0.2) is 0 Å². The number of hydrogen-bond donors (Lipinski definition) is 0. The Hall–Kier alpha value is -5.37. The van der Waals surface area contributed by atoms with Crippen molar-refractivity contribution in [3.8, 4) is 17.4 Å². The summed E-state index contributed by atoms with van der Waals surface area (Å²) in [5.74, 6) is 0. The highest BCUT2D eigenvalue weighted by Crippen LogP contribution is 2.48. The van der Waals surface area contributed by atoms with Crippen molar-refractivity contribution < 1.29 is 0 Å². The number of fused-ring (bicyclic) bond motifs is 9. The lowest BCUT2D eigenvalue weighted by Crippen LogP contribution is -2.11. The fourth-order valence-electron chi connectivity index (χ4n) is 8.78. The summed E-state index contributed by atoms with van der Waals surface area (Å²) in [5, 5.41) is 18.6. The van der Waals surface area contributed by atoms with E-state index < -0.39 is 0 Å². The smallest absolute Gasteiger partial charge is 0.101 e. The van der Waals surface area contributed by atoms with Gasteiger partial charge in [0.2, 0.25) is 0 Å². The zero-order chi connectivity index (χ0) is 40.6. The summed E-state index contributed by atoms with van der Waals surface area (Å²) in [4.78, 5) is 0. The average molecular weight is 764 g/mol. The maximum atomic E-state index is 11.3. The van der Waals surface area contributed by atoms with E-state index in [1.165, 1.54) is 59.3 Å². The Kier molecular flexibility index (Phi) is 8.04. The van der Waals surface area contributed by atoms with E-state index in [9.17, 15) is 5.26 Å². The molecular formula is C53H53N3S. The molecule has 0 bridgehead atoms. The molecule has 57 heavy (non-hydrogen) atoms. The minimum Gasteiger partial charge on any atom is -0.306 e. The van der Waals surface area contributed by atoms with Crippen molar-refractivity contribution in [3.05, 3.63) is 131 Å². The minimum absolute atomic E-state index is 0.0201. The highest BCUT2D eigenvalue weighted by atomic mass is 32.1. The van der Waals surface area contributed by atoms with Gasteiger partial charge >= 0.3 is 0 Å². The van der Waals surface area contributed by atoms with Crippen LogP contribution in [0.1, 0.15) is 111 Å². The molecule has 286 valence electrons. The van der Waals surface area contributed by atoms with Crippen molar-refractivity contribution in [3.63, 3.8) is 0 Å². The van der Waals surface area contributed by atoms with Gasteiger partial charge in [-0.05, 0) is 105 Å². The second-order valence-electron chi connectivity index (χ2n) is 20.3. The van der Waals surface area contributed by atoms with Crippen LogP contribution in [0.3, 0.4) is 0 Å². The van der Waals surface area contributed by atoms with E-state index in [1.807, 2.05) is 0 Å². The van der Waals surface area contributed by atoms with Crippen molar-refractivity contribution in [2.45, 2.75) is 105 Å². The second-order valence-corrected chi connectivity index (χ2v) is 21.4. The van der Waals surface area contributed by atoms with E-state index in [4.69, 9.17) is 0 Å². The first-order valence-electron chi connectivity index (χ1n) is 20.3. The van der Waals surface area contributed by atoms with Crippen LogP contribution in [0.5, 0.6) is 0 Å². The molecule has 0 amide bonds. The number of nitrogens with zero attached hydrogens (tertiary/aromatic N) is 3. The molecule has 0 radical (unpaired) electrons. The third kappa shape index (κ3) is 5.80. The summed E-state index contributed by atoms with van der Waals surface area (Å²) < 4.78 is 7.23. The molecule has 0 fully saturated rings. The summed E-state index contributed by atoms with van der Waals surface area (Å²) >= 11 is 1.77. The van der Waals surface area contributed by atoms with Gasteiger partial charge in [-0.2, -0.15) is 5.26 Å². The summed E-state index contributed by atoms with van der Waals surface area (Å²) in [6.45, 7) is 27.5. The first-order chi connectivity index (χ1) is 26.8. The molecule has 9 rings (SSSR count). The van der Waals surface area contributed by atoms with Crippen molar-refractivity contribution in [1.29, 1.82) is 5.26 Å². The van der Waals surface area contributed by atoms with E-state index in [0.29, 0.717) is 5.56 Å². The lowest BCUT2D eigenvalue weighted by molar-refractivity contribution is 0.590. The number of hydrogen-bond acceptors (Lipinski definition) is 2. The topological polar surface area (TPSA) is 33.6 Å². The number of thiophene rings is 1. The largest absolute Gasteiger partial charge is 0.306 e. The van der Waals surface area contributed by atoms with E-state index in [-0.39, 0.29) is 21.7 Å². The Morgan fingerprint density at radius 2 is 0.789 bits per heavy atom. The molecule has 0 aliphatic heterocycles. The molecule has 9 aromatic rings. The van der Waals surface area contributed by atoms with Crippen LogP contribution in [-0.4, -0.2) is 9.13 Å². The Morgan fingerprint density at radius 1 is 0.421 bits per heavy atom. The van der Waals surface area contributed by atoms with Crippen LogP contribution in [0, 0.1) is 11.3 Å². The van der Waals surface area contributed by atoms with Gasteiger partial charge in [-0.3, -0.25) is 0 Å². The lowest BCUT2D eigenvalue weighted by atomic mass is 9.85. The van der Waals surface area contributed by atoms with Gasteiger partial charge in [0.25, 0.3) is 0 Å². The Morgan fingerprint density at radius 3 is 1.16 bits per heavy atom. The number of nitriles is 1. The Bertz CT molecular complexity index is 3020. The molecule has 0 aliphatic carbocycles. The van der Waals surface area contributed by atoms with E-state index in [0.717, 1.165) is 38.1 Å². The maximum absolute atomic E-state index is 11.3. The Balaban J connectivity index is 1.54. The molecule has 0 atom stereocenters. The zero-order valence-electron chi connectivity index (χ0n) is 35.6. The number of benzene rings is 6. The van der Waals surface area contributed by atoms with E-state index >= 15 is 0 Å². The lowest BCUT2D eigenvalue weighted by Gasteiger charge is -2.22. The first kappa shape index (κ1) is 37.2. The Labute approximate surface area is 341 Å². The molecule has 6 aromatic carbocycles. The maximum Gasteiger partial charge on any atom is 0.101 e. The quantitative estimate of drug-likeness (QED) is 0.173. The van der Waals surface area contributed by atoms with E-state index in [1.54, 1.807) is 11.3 Å². The molecule has 0 aliphatic rings. The van der Waals surface area contributed by atoms with E-state index in [2.05, 4.69) is 201 Å². The van der Waals surface area contributed by atoms with Gasteiger partial charge < -0.3 is 9.13 Å². The van der Waals surface area contributed by atoms with Crippen LogP contribution < -0.4 is 0 Å². The summed E-state index contributed by atoms with van der Waals surface area (Å²) in [7, 11) is 0. The predicted molar refractivity (Wildman–Crippen MR) is 248 cm³/mol. The van der Waals surface area contributed by atoms with Crippen LogP contribution in [0.25, 0.3) is 75.2 Å². The molecule has 3 nitrogen and oxygen atoms in total. The molecular weight excluding hydrogens is 711 g/mol. The summed E-state index contributed by atoms with van der Waals surface area (Å²) in [5.41, 5.74) is 12.2. The van der Waals surface area contributed by atoms with Gasteiger partial charge in [0, 0.05) is 41.7 Å². The van der Waals surface area contributed by atoms with Crippen molar-refractivity contribution >= 4 is 75.1 Å². The molecule has 0 saturated carbocycles. The average Bonchev–Trinajstić information content (AvgIpc) is 3.79. The third-order valence-electron chi connectivity index (χ3n) is 12.2. The monoisotopic (exact) mass is 763 g/mol. The van der Waals surface area contributed by atoms with Crippen LogP contribution in [0.4, 0.5) is 0 Å². The van der Waals surface area contributed by atoms with Gasteiger partial charge in [0.1, 0.15) is 6.07 Å². The highest BCUT2D eigenvalue weighted by molar-refractivity contribution is 7.26. The highest BCUT2D eigenvalue weighted by Gasteiger charge is 2.29. The second kappa shape index (κ2) is 12.3.